The van der Waals surface area contributed by atoms with Gasteiger partial charge in [0.05, 0.1) is 33.8 Å². The van der Waals surface area contributed by atoms with Crippen molar-refractivity contribution in [2.24, 2.45) is 0 Å². The molecule has 466 valence electrons. The third-order valence-electron chi connectivity index (χ3n) is 14.2. The summed E-state index contributed by atoms with van der Waals surface area (Å²) in [6.45, 7) is 6.78. The second-order valence-electron chi connectivity index (χ2n) is 23.2. The molecule has 0 aromatic carbocycles. The van der Waals surface area contributed by atoms with Gasteiger partial charge in [-0.25, -0.2) is 4.57 Å². The van der Waals surface area contributed by atoms with Gasteiger partial charge in [0.2, 0.25) is 5.91 Å². The number of carbonyl (C=O) groups is 2. The highest BCUT2D eigenvalue weighted by atomic mass is 31.2. The molecule has 9 nitrogen and oxygen atoms in total. The molecule has 0 spiro atoms. The number of hydrogen-bond acceptors (Lipinski definition) is 6. The van der Waals surface area contributed by atoms with Crippen molar-refractivity contribution < 1.29 is 37.3 Å². The number of nitrogens with zero attached hydrogens (tertiary/aromatic N) is 1. The van der Waals surface area contributed by atoms with Gasteiger partial charge < -0.3 is 19.4 Å². The number of phosphoric ester groups is 1. The maximum absolute atomic E-state index is 13.6. The van der Waals surface area contributed by atoms with E-state index in [1.54, 1.807) is 0 Å². The van der Waals surface area contributed by atoms with Gasteiger partial charge in [0, 0.05) is 12.8 Å². The smallest absolute Gasteiger partial charge is 0.456 e. The summed E-state index contributed by atoms with van der Waals surface area (Å²) in [6.07, 6.45) is 82.4. The highest BCUT2D eigenvalue weighted by molar-refractivity contribution is 7.47. The van der Waals surface area contributed by atoms with Crippen molar-refractivity contribution in [3.63, 3.8) is 0 Å². The quantitative estimate of drug-likeness (QED) is 0.0205. The summed E-state index contributed by atoms with van der Waals surface area (Å²) in [5, 5.41) is 3.05. The Morgan fingerprint density at radius 2 is 0.790 bits per heavy atom. The van der Waals surface area contributed by atoms with Crippen molar-refractivity contribution in [2.45, 2.75) is 290 Å². The molecule has 0 aliphatic carbocycles. The molecule has 0 aliphatic heterocycles. The molecule has 0 radical (unpaired) electrons. The van der Waals surface area contributed by atoms with E-state index in [0.717, 1.165) is 128 Å². The predicted molar refractivity (Wildman–Crippen MR) is 350 cm³/mol. The number of ether oxygens (including phenoxy) is 1. The van der Waals surface area contributed by atoms with Crippen molar-refractivity contribution >= 4 is 19.7 Å². The zero-order chi connectivity index (χ0) is 59.3. The number of unbranched alkanes of at least 4 members (excludes halogenated alkanes) is 27. The van der Waals surface area contributed by atoms with Gasteiger partial charge in [0.1, 0.15) is 19.3 Å². The average Bonchev–Trinajstić information content (AvgIpc) is 3.44. The van der Waals surface area contributed by atoms with E-state index in [0.29, 0.717) is 17.4 Å². The number of rotatable bonds is 59. The zero-order valence-corrected chi connectivity index (χ0v) is 54.1. The zero-order valence-electron chi connectivity index (χ0n) is 53.2. The highest BCUT2D eigenvalue weighted by Crippen LogP contribution is 2.43. The summed E-state index contributed by atoms with van der Waals surface area (Å²) in [5.41, 5.74) is 0. The summed E-state index contributed by atoms with van der Waals surface area (Å²) < 4.78 is 30.7. The summed E-state index contributed by atoms with van der Waals surface area (Å²) in [7, 11) is 1.47. The molecule has 0 heterocycles. The normalized spacial score (nSPS) is 14.3. The molecule has 0 rings (SSSR count). The van der Waals surface area contributed by atoms with E-state index < -0.39 is 20.0 Å². The number of likely N-dealkylation sites (N-methyl/N-ethyl adjacent to an activating group) is 1. The van der Waals surface area contributed by atoms with Gasteiger partial charge in [-0.3, -0.25) is 18.6 Å². The van der Waals surface area contributed by atoms with Gasteiger partial charge >= 0.3 is 13.8 Å². The molecule has 81 heavy (non-hydrogen) atoms. The fraction of sp³-hybridized carbons (Fsp3) is 0.718. The Morgan fingerprint density at radius 3 is 1.19 bits per heavy atom. The van der Waals surface area contributed by atoms with Crippen LogP contribution in [0.4, 0.5) is 0 Å². The third kappa shape index (κ3) is 61.1. The molecule has 0 saturated carbocycles. The molecule has 0 saturated heterocycles. The van der Waals surface area contributed by atoms with E-state index in [1.165, 1.54) is 116 Å². The third-order valence-corrected chi connectivity index (χ3v) is 15.2. The Kier molecular flexibility index (Phi) is 57.4. The van der Waals surface area contributed by atoms with Crippen LogP contribution in [0.2, 0.25) is 0 Å². The van der Waals surface area contributed by atoms with Crippen molar-refractivity contribution in [1.29, 1.82) is 0 Å². The van der Waals surface area contributed by atoms with Crippen LogP contribution in [0, 0.1) is 0 Å². The Hall–Kier alpha value is -3.33. The topological polar surface area (TPSA) is 111 Å². The molecule has 0 aliphatic rings. The lowest BCUT2D eigenvalue weighted by molar-refractivity contribution is -0.870. The Bertz CT molecular complexity index is 1750. The van der Waals surface area contributed by atoms with Crippen LogP contribution in [0.1, 0.15) is 278 Å². The first-order chi connectivity index (χ1) is 39.4. The minimum absolute atomic E-state index is 0.0324. The Balaban J connectivity index is 5.11. The first-order valence-electron chi connectivity index (χ1n) is 33.2. The number of esters is 1. The highest BCUT2D eigenvalue weighted by Gasteiger charge is 2.30. The minimum Gasteiger partial charge on any atom is -0.456 e. The van der Waals surface area contributed by atoms with E-state index >= 15 is 0 Å². The van der Waals surface area contributed by atoms with E-state index in [-0.39, 0.29) is 31.5 Å². The van der Waals surface area contributed by atoms with Crippen LogP contribution in [0.25, 0.3) is 0 Å². The average molecular weight is 1150 g/mol. The van der Waals surface area contributed by atoms with E-state index in [4.69, 9.17) is 13.8 Å². The molecule has 0 fully saturated rings. The van der Waals surface area contributed by atoms with Crippen LogP contribution in [-0.4, -0.2) is 74.3 Å². The molecular weight excluding hydrogens is 1020 g/mol. The van der Waals surface area contributed by atoms with Crippen molar-refractivity contribution in [2.75, 3.05) is 40.9 Å². The molecule has 10 heteroatoms. The van der Waals surface area contributed by atoms with Crippen LogP contribution in [0.15, 0.2) is 109 Å². The summed E-state index contributed by atoms with van der Waals surface area (Å²) >= 11 is 0. The SMILES string of the molecule is CC/C=C\C/C=C\C/C=C\C/C=C\C/C=C\CCCCCCCCCCCCCC(=O)OC(/C=C\CCCCCCCCCCCC)C(COP(=O)(O)OCC[N+](C)(C)C)NC(=O)CCCCCCCC/C=C/C/C=C/C/C=C/CC. The lowest BCUT2D eigenvalue weighted by Gasteiger charge is -2.27. The first-order valence-corrected chi connectivity index (χ1v) is 34.7. The number of amides is 1. The minimum atomic E-state index is -4.46. The van der Waals surface area contributed by atoms with Crippen LogP contribution in [0.3, 0.4) is 0 Å². The largest absolute Gasteiger partial charge is 0.472 e. The summed E-state index contributed by atoms with van der Waals surface area (Å²) in [5.74, 6) is -0.525. The van der Waals surface area contributed by atoms with E-state index in [2.05, 4.69) is 123 Å². The Labute approximate surface area is 500 Å². The van der Waals surface area contributed by atoms with Crippen molar-refractivity contribution in [3.8, 4) is 0 Å². The molecule has 0 bridgehead atoms. The fourth-order valence-corrected chi connectivity index (χ4v) is 9.89. The number of nitrogens with one attached hydrogen (secondary N) is 1. The molecule has 1 amide bonds. The van der Waals surface area contributed by atoms with Crippen molar-refractivity contribution in [3.05, 3.63) is 109 Å². The standard InChI is InChI=1S/C71H125N2O7P/c1-7-10-13-16-19-22-25-28-30-32-33-34-35-36-37-38-39-40-41-42-44-46-49-52-55-58-61-64-71(75)80-69(62-59-56-53-50-47-27-24-21-18-15-12-9-3)68(67-79-81(76,77)78-66-65-73(4,5)6)72-70(74)63-60-57-54-51-48-45-43-31-29-26-23-20-17-14-11-8-2/h10-11,13-14,19-20,22-23,28-31,33-34,36-37,59,62,68-69H,7-9,12,15-18,21,24-27,32,35,38-58,60-61,63-67H2,1-6H3,(H-,72,74,76,77)/p+1/b13-10-,14-11+,22-19-,23-20+,30-28-,31-29+,34-33-,37-36-,62-59-. The van der Waals surface area contributed by atoms with E-state index in [1.807, 2.05) is 33.3 Å². The number of allylic oxidation sites excluding steroid dienone is 17. The molecule has 0 aromatic rings. The number of carbonyl (C=O) groups excluding carboxylic acids is 2. The predicted octanol–water partition coefficient (Wildman–Crippen LogP) is 20.9. The van der Waals surface area contributed by atoms with Gasteiger partial charge in [0.25, 0.3) is 0 Å². The van der Waals surface area contributed by atoms with Crippen LogP contribution in [-0.2, 0) is 27.9 Å². The summed E-state index contributed by atoms with van der Waals surface area (Å²) in [4.78, 5) is 37.8. The Morgan fingerprint density at radius 1 is 0.444 bits per heavy atom. The van der Waals surface area contributed by atoms with Crippen LogP contribution >= 0.6 is 7.82 Å². The molecular formula is C71H126N2O7P+. The number of quaternary nitrogens is 1. The molecule has 3 atom stereocenters. The van der Waals surface area contributed by atoms with Gasteiger partial charge in [0.15, 0.2) is 0 Å². The monoisotopic (exact) mass is 1150 g/mol. The van der Waals surface area contributed by atoms with Gasteiger partial charge in [-0.1, -0.05) is 265 Å². The summed E-state index contributed by atoms with van der Waals surface area (Å²) in [6, 6.07) is -0.863. The number of hydrogen-bond donors (Lipinski definition) is 2. The second kappa shape index (κ2) is 59.8. The molecule has 3 unspecified atom stereocenters. The van der Waals surface area contributed by atoms with Gasteiger partial charge in [-0.2, -0.15) is 0 Å². The fourth-order valence-electron chi connectivity index (χ4n) is 9.16. The molecule has 0 aromatic heterocycles. The van der Waals surface area contributed by atoms with E-state index in [9.17, 15) is 19.0 Å². The molecule has 2 N–H and O–H groups in total. The van der Waals surface area contributed by atoms with Gasteiger partial charge in [-0.05, 0) is 109 Å². The maximum Gasteiger partial charge on any atom is 0.472 e. The van der Waals surface area contributed by atoms with Crippen LogP contribution in [0.5, 0.6) is 0 Å². The second-order valence-corrected chi connectivity index (χ2v) is 24.7. The first kappa shape index (κ1) is 77.7. The van der Waals surface area contributed by atoms with Gasteiger partial charge in [-0.15, -0.1) is 0 Å². The van der Waals surface area contributed by atoms with Crippen LogP contribution < -0.4 is 5.32 Å². The lowest BCUT2D eigenvalue weighted by Crippen LogP contribution is -2.47. The lowest BCUT2D eigenvalue weighted by atomic mass is 10.0. The number of phosphoric acid groups is 1. The maximum atomic E-state index is 13.6. The van der Waals surface area contributed by atoms with Crippen molar-refractivity contribution in [1.82, 2.24) is 5.32 Å².